The van der Waals surface area contributed by atoms with E-state index in [2.05, 4.69) is 28.1 Å². The van der Waals surface area contributed by atoms with Gasteiger partial charge >= 0.3 is 0 Å². The summed E-state index contributed by atoms with van der Waals surface area (Å²) in [5, 5.41) is 0. The molecule has 78 valence electrons. The molecule has 2 fully saturated rings. The molecule has 0 aromatic carbocycles. The molecule has 0 spiro atoms. The molecule has 1 saturated heterocycles. The van der Waals surface area contributed by atoms with E-state index in [0.29, 0.717) is 23.0 Å². The van der Waals surface area contributed by atoms with Crippen molar-refractivity contribution in [3.63, 3.8) is 0 Å². The Morgan fingerprint density at radius 2 is 2.07 bits per heavy atom. The molecular formula is C12H17BrO. The van der Waals surface area contributed by atoms with Crippen molar-refractivity contribution < 1.29 is 4.74 Å². The van der Waals surface area contributed by atoms with E-state index in [4.69, 9.17) is 4.74 Å². The quantitative estimate of drug-likeness (QED) is 0.478. The summed E-state index contributed by atoms with van der Waals surface area (Å²) in [5.74, 6) is 1.46. The minimum atomic E-state index is 0.535. The van der Waals surface area contributed by atoms with Crippen LogP contribution in [0.2, 0.25) is 0 Å². The van der Waals surface area contributed by atoms with E-state index in [-0.39, 0.29) is 0 Å². The van der Waals surface area contributed by atoms with Crippen LogP contribution in [0.3, 0.4) is 0 Å². The first kappa shape index (κ1) is 9.41. The van der Waals surface area contributed by atoms with Gasteiger partial charge in [-0.3, -0.25) is 0 Å². The number of hydrogen-bond acceptors (Lipinski definition) is 1. The zero-order valence-corrected chi connectivity index (χ0v) is 9.95. The van der Waals surface area contributed by atoms with Crippen molar-refractivity contribution in [2.45, 2.75) is 49.1 Å². The highest BCUT2D eigenvalue weighted by Gasteiger charge is 2.47. The highest BCUT2D eigenvalue weighted by Crippen LogP contribution is 2.47. The first-order chi connectivity index (χ1) is 6.86. The Morgan fingerprint density at radius 1 is 1.14 bits per heavy atom. The van der Waals surface area contributed by atoms with Gasteiger partial charge in [0, 0.05) is 16.7 Å². The van der Waals surface area contributed by atoms with Crippen LogP contribution in [0.25, 0.3) is 0 Å². The molecule has 1 aliphatic heterocycles. The maximum Gasteiger partial charge on any atom is 0.0648 e. The van der Waals surface area contributed by atoms with Gasteiger partial charge in [-0.2, -0.15) is 0 Å². The fraction of sp³-hybridized carbons (Fsp3) is 0.833. The van der Waals surface area contributed by atoms with Gasteiger partial charge in [0.1, 0.15) is 0 Å². The summed E-state index contributed by atoms with van der Waals surface area (Å²) in [4.78, 5) is 0.694. The molecule has 0 amide bonds. The van der Waals surface area contributed by atoms with Crippen molar-refractivity contribution in [3.05, 3.63) is 12.2 Å². The first-order valence-corrected chi connectivity index (χ1v) is 6.74. The van der Waals surface area contributed by atoms with Crippen LogP contribution in [0.1, 0.15) is 32.1 Å². The van der Waals surface area contributed by atoms with E-state index < -0.39 is 0 Å². The molecule has 0 bridgehead atoms. The summed E-state index contributed by atoms with van der Waals surface area (Å²) in [7, 11) is 0. The zero-order chi connectivity index (χ0) is 9.54. The molecule has 0 N–H and O–H groups in total. The third-order valence-corrected chi connectivity index (χ3v) is 5.08. The number of rotatable bonds is 0. The third-order valence-electron chi connectivity index (χ3n) is 4.01. The van der Waals surface area contributed by atoms with Gasteiger partial charge < -0.3 is 4.74 Å². The van der Waals surface area contributed by atoms with Crippen LogP contribution in [0.15, 0.2) is 12.2 Å². The summed E-state index contributed by atoms with van der Waals surface area (Å²) < 4.78 is 6.16. The summed E-state index contributed by atoms with van der Waals surface area (Å²) in [5.41, 5.74) is 0. The summed E-state index contributed by atoms with van der Waals surface area (Å²) in [6, 6.07) is 0. The van der Waals surface area contributed by atoms with E-state index in [9.17, 15) is 0 Å². The first-order valence-electron chi connectivity index (χ1n) is 5.82. The predicted octanol–water partition coefficient (Wildman–Crippen LogP) is 3.28. The molecular weight excluding hydrogens is 240 g/mol. The molecule has 3 rings (SSSR count). The second-order valence-corrected chi connectivity index (χ2v) is 6.00. The topological polar surface area (TPSA) is 9.23 Å². The lowest BCUT2D eigenvalue weighted by Gasteiger charge is -2.31. The Balaban J connectivity index is 1.86. The normalized spacial score (nSPS) is 51.4. The van der Waals surface area contributed by atoms with E-state index in [1.54, 1.807) is 0 Å². The Kier molecular flexibility index (Phi) is 2.45. The van der Waals surface area contributed by atoms with Crippen LogP contribution in [0.5, 0.6) is 0 Å². The van der Waals surface area contributed by atoms with Crippen molar-refractivity contribution >= 4 is 15.9 Å². The van der Waals surface area contributed by atoms with Crippen molar-refractivity contribution in [2.75, 3.05) is 0 Å². The van der Waals surface area contributed by atoms with Crippen molar-refractivity contribution in [1.29, 1.82) is 0 Å². The second-order valence-electron chi connectivity index (χ2n) is 4.82. The van der Waals surface area contributed by atoms with E-state index in [0.717, 1.165) is 5.92 Å². The average molecular weight is 257 g/mol. The van der Waals surface area contributed by atoms with E-state index in [1.165, 1.54) is 32.1 Å². The second kappa shape index (κ2) is 3.64. The predicted molar refractivity (Wildman–Crippen MR) is 60.6 cm³/mol. The lowest BCUT2D eigenvalue weighted by Crippen LogP contribution is -2.33. The molecule has 5 unspecified atom stereocenters. The highest BCUT2D eigenvalue weighted by molar-refractivity contribution is 9.09. The molecule has 1 heterocycles. The lowest BCUT2D eigenvalue weighted by molar-refractivity contribution is 0.0145. The van der Waals surface area contributed by atoms with Crippen molar-refractivity contribution in [3.8, 4) is 0 Å². The van der Waals surface area contributed by atoms with Gasteiger partial charge in [-0.05, 0) is 32.1 Å². The standard InChI is InChI=1S/C12H17BrO/c13-9-5-3-7-11-12(9)8-4-1-2-6-10(8)14-11/h1,4,8-12H,2-3,5-7H2. The molecule has 2 aliphatic carbocycles. The minimum absolute atomic E-state index is 0.535. The van der Waals surface area contributed by atoms with Crippen LogP contribution in [-0.4, -0.2) is 17.0 Å². The molecule has 0 radical (unpaired) electrons. The van der Waals surface area contributed by atoms with Gasteiger partial charge in [-0.25, -0.2) is 0 Å². The van der Waals surface area contributed by atoms with Crippen LogP contribution in [-0.2, 0) is 4.74 Å². The van der Waals surface area contributed by atoms with Gasteiger partial charge in [0.2, 0.25) is 0 Å². The maximum atomic E-state index is 6.16. The Bertz CT molecular complexity index is 251. The van der Waals surface area contributed by atoms with Gasteiger partial charge in [-0.15, -0.1) is 0 Å². The van der Waals surface area contributed by atoms with Crippen LogP contribution >= 0.6 is 15.9 Å². The maximum absolute atomic E-state index is 6.16. The Hall–Kier alpha value is 0.180. The Morgan fingerprint density at radius 3 is 3.00 bits per heavy atom. The average Bonchev–Trinajstić information content (AvgIpc) is 2.57. The fourth-order valence-corrected chi connectivity index (χ4v) is 4.39. The summed E-state index contributed by atoms with van der Waals surface area (Å²) in [6.45, 7) is 0. The molecule has 14 heavy (non-hydrogen) atoms. The summed E-state index contributed by atoms with van der Waals surface area (Å²) in [6.07, 6.45) is 12.3. The third kappa shape index (κ3) is 1.38. The van der Waals surface area contributed by atoms with Gasteiger partial charge in [0.05, 0.1) is 12.2 Å². The summed E-state index contributed by atoms with van der Waals surface area (Å²) >= 11 is 3.84. The lowest BCUT2D eigenvalue weighted by atomic mass is 9.76. The number of allylic oxidation sites excluding steroid dienone is 1. The van der Waals surface area contributed by atoms with Crippen molar-refractivity contribution in [1.82, 2.24) is 0 Å². The van der Waals surface area contributed by atoms with E-state index in [1.807, 2.05) is 0 Å². The smallest absolute Gasteiger partial charge is 0.0648 e. The molecule has 0 aromatic heterocycles. The molecule has 3 aliphatic rings. The molecule has 1 nitrogen and oxygen atoms in total. The fourth-order valence-electron chi connectivity index (χ4n) is 3.37. The molecule has 1 saturated carbocycles. The van der Waals surface area contributed by atoms with Gasteiger partial charge in [-0.1, -0.05) is 28.1 Å². The van der Waals surface area contributed by atoms with Crippen LogP contribution < -0.4 is 0 Å². The number of ether oxygens (including phenoxy) is 1. The number of halogens is 1. The molecule has 0 aromatic rings. The van der Waals surface area contributed by atoms with E-state index >= 15 is 0 Å². The van der Waals surface area contributed by atoms with Crippen molar-refractivity contribution in [2.24, 2.45) is 11.8 Å². The minimum Gasteiger partial charge on any atom is -0.374 e. The monoisotopic (exact) mass is 256 g/mol. The molecule has 5 atom stereocenters. The highest BCUT2D eigenvalue weighted by atomic mass is 79.9. The van der Waals surface area contributed by atoms with Gasteiger partial charge in [0.25, 0.3) is 0 Å². The van der Waals surface area contributed by atoms with Gasteiger partial charge in [0.15, 0.2) is 0 Å². The Labute approximate surface area is 94.0 Å². The number of hydrogen-bond donors (Lipinski definition) is 0. The largest absolute Gasteiger partial charge is 0.374 e. The number of alkyl halides is 1. The van der Waals surface area contributed by atoms with Crippen LogP contribution in [0.4, 0.5) is 0 Å². The SMILES string of the molecule is BrC1CCCC2OC3CCC=CC3C12. The van der Waals surface area contributed by atoms with Crippen LogP contribution in [0, 0.1) is 11.8 Å². The zero-order valence-electron chi connectivity index (χ0n) is 8.36. The number of fused-ring (bicyclic) bond motifs is 3. The molecule has 2 heteroatoms.